The van der Waals surface area contributed by atoms with Gasteiger partial charge in [0.1, 0.15) is 11.6 Å². The smallest absolute Gasteiger partial charge is 0.130 e. The van der Waals surface area contributed by atoms with Gasteiger partial charge in [0, 0.05) is 30.2 Å². The molecule has 2 rings (SSSR count). The maximum absolute atomic E-state index is 13.7. The Labute approximate surface area is 99.8 Å². The Morgan fingerprint density at radius 1 is 1.35 bits per heavy atom. The molecule has 1 saturated heterocycles. The van der Waals surface area contributed by atoms with Crippen LogP contribution in [0.4, 0.5) is 8.78 Å². The standard InChI is InChI=1S/C13H17F2NO/c1-8-5-10(12(15)6-11(8)14)13(16)9-3-2-4-17-7-9/h5-6,9,13H,2-4,7,16H2,1H3. The van der Waals surface area contributed by atoms with Gasteiger partial charge in [0.2, 0.25) is 0 Å². The summed E-state index contributed by atoms with van der Waals surface area (Å²) in [6.45, 7) is 2.91. The monoisotopic (exact) mass is 241 g/mol. The van der Waals surface area contributed by atoms with Gasteiger partial charge in [0.25, 0.3) is 0 Å². The first-order valence-electron chi connectivity index (χ1n) is 5.88. The summed E-state index contributed by atoms with van der Waals surface area (Å²) in [6.07, 6.45) is 1.87. The van der Waals surface area contributed by atoms with Gasteiger partial charge in [-0.1, -0.05) is 0 Å². The second kappa shape index (κ2) is 5.10. The van der Waals surface area contributed by atoms with E-state index in [1.54, 1.807) is 6.92 Å². The molecule has 2 atom stereocenters. The van der Waals surface area contributed by atoms with E-state index in [-0.39, 0.29) is 5.92 Å². The zero-order valence-electron chi connectivity index (χ0n) is 9.88. The Bertz CT molecular complexity index is 403. The third-order valence-electron chi connectivity index (χ3n) is 3.34. The maximum Gasteiger partial charge on any atom is 0.130 e. The molecule has 0 saturated carbocycles. The fourth-order valence-electron chi connectivity index (χ4n) is 2.24. The highest BCUT2D eigenvalue weighted by molar-refractivity contribution is 5.28. The van der Waals surface area contributed by atoms with Gasteiger partial charge < -0.3 is 10.5 Å². The van der Waals surface area contributed by atoms with Crippen LogP contribution in [0, 0.1) is 24.5 Å². The first-order chi connectivity index (χ1) is 8.09. The van der Waals surface area contributed by atoms with Crippen molar-refractivity contribution in [3.8, 4) is 0 Å². The molecule has 2 nitrogen and oxygen atoms in total. The van der Waals surface area contributed by atoms with Gasteiger partial charge in [-0.3, -0.25) is 0 Å². The fraction of sp³-hybridized carbons (Fsp3) is 0.538. The fourth-order valence-corrected chi connectivity index (χ4v) is 2.24. The average Bonchev–Trinajstić information content (AvgIpc) is 2.34. The molecular weight excluding hydrogens is 224 g/mol. The van der Waals surface area contributed by atoms with Crippen molar-refractivity contribution in [2.24, 2.45) is 11.7 Å². The Balaban J connectivity index is 2.23. The molecule has 4 heteroatoms. The molecule has 0 spiro atoms. The first kappa shape index (κ1) is 12.5. The average molecular weight is 241 g/mol. The molecule has 1 aromatic carbocycles. The van der Waals surface area contributed by atoms with E-state index in [0.717, 1.165) is 25.5 Å². The second-order valence-corrected chi connectivity index (χ2v) is 4.63. The molecule has 2 N–H and O–H groups in total. The zero-order valence-corrected chi connectivity index (χ0v) is 9.88. The van der Waals surface area contributed by atoms with Gasteiger partial charge in [-0.15, -0.1) is 0 Å². The van der Waals surface area contributed by atoms with Crippen LogP contribution in [0.25, 0.3) is 0 Å². The minimum absolute atomic E-state index is 0.114. The summed E-state index contributed by atoms with van der Waals surface area (Å²) in [5.41, 5.74) is 6.86. The third-order valence-corrected chi connectivity index (χ3v) is 3.34. The number of hydrogen-bond donors (Lipinski definition) is 1. The van der Waals surface area contributed by atoms with Crippen molar-refractivity contribution in [3.63, 3.8) is 0 Å². The highest BCUT2D eigenvalue weighted by Crippen LogP contribution is 2.29. The SMILES string of the molecule is Cc1cc(C(N)C2CCCOC2)c(F)cc1F. The van der Waals surface area contributed by atoms with E-state index in [0.29, 0.717) is 17.7 Å². The first-order valence-corrected chi connectivity index (χ1v) is 5.88. The highest BCUT2D eigenvalue weighted by atomic mass is 19.1. The lowest BCUT2D eigenvalue weighted by molar-refractivity contribution is 0.0443. The molecule has 1 fully saturated rings. The van der Waals surface area contributed by atoms with E-state index in [4.69, 9.17) is 10.5 Å². The Kier molecular flexibility index (Phi) is 3.74. The van der Waals surface area contributed by atoms with Crippen LogP contribution in [0.5, 0.6) is 0 Å². The van der Waals surface area contributed by atoms with Crippen molar-refractivity contribution in [3.05, 3.63) is 34.9 Å². The number of nitrogens with two attached hydrogens (primary N) is 1. The molecule has 17 heavy (non-hydrogen) atoms. The van der Waals surface area contributed by atoms with E-state index in [2.05, 4.69) is 0 Å². The molecule has 1 heterocycles. The number of ether oxygens (including phenoxy) is 1. The van der Waals surface area contributed by atoms with Crippen LogP contribution >= 0.6 is 0 Å². The topological polar surface area (TPSA) is 35.2 Å². The molecule has 2 unspecified atom stereocenters. The summed E-state index contributed by atoms with van der Waals surface area (Å²) in [6, 6.07) is 1.99. The summed E-state index contributed by atoms with van der Waals surface area (Å²) in [5.74, 6) is -0.979. The maximum atomic E-state index is 13.7. The number of rotatable bonds is 2. The van der Waals surface area contributed by atoms with E-state index < -0.39 is 17.7 Å². The normalized spacial score (nSPS) is 22.5. The predicted molar refractivity (Wildman–Crippen MR) is 61.6 cm³/mol. The molecule has 1 aromatic rings. The van der Waals surface area contributed by atoms with Crippen molar-refractivity contribution >= 4 is 0 Å². The van der Waals surface area contributed by atoms with Gasteiger partial charge in [0.05, 0.1) is 6.61 Å². The number of halogens is 2. The minimum Gasteiger partial charge on any atom is -0.381 e. The summed E-state index contributed by atoms with van der Waals surface area (Å²) in [7, 11) is 0. The quantitative estimate of drug-likeness (QED) is 0.864. The molecule has 0 aliphatic carbocycles. The zero-order chi connectivity index (χ0) is 12.4. The predicted octanol–water partition coefficient (Wildman–Crippen LogP) is 2.70. The van der Waals surface area contributed by atoms with E-state index >= 15 is 0 Å². The van der Waals surface area contributed by atoms with Crippen molar-refractivity contribution in [2.75, 3.05) is 13.2 Å². The lowest BCUT2D eigenvalue weighted by atomic mass is 9.88. The van der Waals surface area contributed by atoms with Crippen LogP contribution in [-0.4, -0.2) is 13.2 Å². The largest absolute Gasteiger partial charge is 0.381 e. The van der Waals surface area contributed by atoms with E-state index in [1.807, 2.05) is 0 Å². The summed E-state index contributed by atoms with van der Waals surface area (Å²) < 4.78 is 32.2. The van der Waals surface area contributed by atoms with Crippen molar-refractivity contribution in [1.29, 1.82) is 0 Å². The summed E-state index contributed by atoms with van der Waals surface area (Å²) in [4.78, 5) is 0. The van der Waals surface area contributed by atoms with Crippen molar-refractivity contribution in [2.45, 2.75) is 25.8 Å². The number of aryl methyl sites for hydroxylation is 1. The van der Waals surface area contributed by atoms with Gasteiger partial charge in [-0.2, -0.15) is 0 Å². The van der Waals surface area contributed by atoms with Crippen LogP contribution in [0.1, 0.15) is 30.0 Å². The summed E-state index contributed by atoms with van der Waals surface area (Å²) >= 11 is 0. The lowest BCUT2D eigenvalue weighted by Gasteiger charge is -2.28. The number of hydrogen-bond acceptors (Lipinski definition) is 2. The van der Waals surface area contributed by atoms with Gasteiger partial charge >= 0.3 is 0 Å². The van der Waals surface area contributed by atoms with Crippen LogP contribution < -0.4 is 5.73 Å². The molecule has 1 aliphatic heterocycles. The van der Waals surface area contributed by atoms with Crippen LogP contribution in [-0.2, 0) is 4.74 Å². The Morgan fingerprint density at radius 2 is 2.12 bits per heavy atom. The Hall–Kier alpha value is -1.00. The van der Waals surface area contributed by atoms with Crippen molar-refractivity contribution < 1.29 is 13.5 Å². The molecule has 0 radical (unpaired) electrons. The second-order valence-electron chi connectivity index (χ2n) is 4.63. The van der Waals surface area contributed by atoms with Crippen molar-refractivity contribution in [1.82, 2.24) is 0 Å². The molecule has 0 amide bonds. The lowest BCUT2D eigenvalue weighted by Crippen LogP contribution is -2.29. The third kappa shape index (κ3) is 2.64. The van der Waals surface area contributed by atoms with E-state index in [9.17, 15) is 8.78 Å². The van der Waals surface area contributed by atoms with Crippen LogP contribution in [0.2, 0.25) is 0 Å². The molecule has 94 valence electrons. The molecule has 0 bridgehead atoms. The highest BCUT2D eigenvalue weighted by Gasteiger charge is 2.25. The van der Waals surface area contributed by atoms with Crippen LogP contribution in [0.15, 0.2) is 12.1 Å². The molecule has 0 aromatic heterocycles. The molecule has 1 aliphatic rings. The van der Waals surface area contributed by atoms with Gasteiger partial charge in [-0.25, -0.2) is 8.78 Å². The Morgan fingerprint density at radius 3 is 2.76 bits per heavy atom. The number of benzene rings is 1. The minimum atomic E-state index is -0.564. The van der Waals surface area contributed by atoms with Gasteiger partial charge in [-0.05, 0) is 31.4 Å². The van der Waals surface area contributed by atoms with Crippen LogP contribution in [0.3, 0.4) is 0 Å². The van der Waals surface area contributed by atoms with E-state index in [1.165, 1.54) is 6.07 Å². The van der Waals surface area contributed by atoms with Gasteiger partial charge in [0.15, 0.2) is 0 Å². The molecular formula is C13H17F2NO. The summed E-state index contributed by atoms with van der Waals surface area (Å²) in [5, 5.41) is 0.